The van der Waals surface area contributed by atoms with Crippen molar-refractivity contribution < 1.29 is 23.1 Å². The Morgan fingerprint density at radius 1 is 1.35 bits per heavy atom. The van der Waals surface area contributed by atoms with E-state index in [-0.39, 0.29) is 6.42 Å². The van der Waals surface area contributed by atoms with Crippen molar-refractivity contribution >= 4 is 11.7 Å². The molecular formula is C11H12F3NO2. The molecule has 0 atom stereocenters. The monoisotopic (exact) mass is 247 g/mol. The van der Waals surface area contributed by atoms with Crippen LogP contribution in [-0.2, 0) is 11.0 Å². The highest BCUT2D eigenvalue weighted by Gasteiger charge is 2.30. The Bertz CT molecular complexity index is 391. The zero-order chi connectivity index (χ0) is 12.9. The van der Waals surface area contributed by atoms with Gasteiger partial charge in [0.1, 0.15) is 0 Å². The van der Waals surface area contributed by atoms with Crippen LogP contribution < -0.4 is 5.32 Å². The topological polar surface area (TPSA) is 49.3 Å². The summed E-state index contributed by atoms with van der Waals surface area (Å²) in [4.78, 5) is 10.2. The third kappa shape index (κ3) is 4.76. The molecule has 0 aliphatic heterocycles. The lowest BCUT2D eigenvalue weighted by Crippen LogP contribution is -2.08. The maximum Gasteiger partial charge on any atom is 0.416 e. The van der Waals surface area contributed by atoms with Crippen molar-refractivity contribution in [2.45, 2.75) is 19.0 Å². The van der Waals surface area contributed by atoms with Gasteiger partial charge in [-0.05, 0) is 24.6 Å². The summed E-state index contributed by atoms with van der Waals surface area (Å²) in [5.74, 6) is -0.921. The van der Waals surface area contributed by atoms with E-state index >= 15 is 0 Å². The molecule has 0 aromatic heterocycles. The number of carbonyl (C=O) groups is 1. The summed E-state index contributed by atoms with van der Waals surface area (Å²) in [6, 6.07) is 4.81. The van der Waals surface area contributed by atoms with Crippen molar-refractivity contribution in [2.75, 3.05) is 11.9 Å². The van der Waals surface area contributed by atoms with E-state index in [1.54, 1.807) is 0 Å². The lowest BCUT2D eigenvalue weighted by molar-refractivity contribution is -0.138. The van der Waals surface area contributed by atoms with Crippen LogP contribution in [0.1, 0.15) is 18.4 Å². The minimum atomic E-state index is -4.36. The van der Waals surface area contributed by atoms with Crippen molar-refractivity contribution in [3.05, 3.63) is 29.8 Å². The zero-order valence-electron chi connectivity index (χ0n) is 8.92. The van der Waals surface area contributed by atoms with Gasteiger partial charge in [-0.1, -0.05) is 6.07 Å². The minimum Gasteiger partial charge on any atom is -0.481 e. The minimum absolute atomic E-state index is 0.00797. The highest BCUT2D eigenvalue weighted by atomic mass is 19.4. The molecule has 94 valence electrons. The van der Waals surface area contributed by atoms with Gasteiger partial charge in [0.15, 0.2) is 0 Å². The number of halogens is 3. The number of carboxylic acids is 1. The number of hydrogen-bond acceptors (Lipinski definition) is 2. The molecule has 3 nitrogen and oxygen atoms in total. The van der Waals surface area contributed by atoms with E-state index in [0.717, 1.165) is 12.1 Å². The molecule has 0 heterocycles. The van der Waals surface area contributed by atoms with E-state index in [1.807, 2.05) is 0 Å². The summed E-state index contributed by atoms with van der Waals surface area (Å²) in [6.07, 6.45) is -4.00. The Morgan fingerprint density at radius 3 is 2.65 bits per heavy atom. The summed E-state index contributed by atoms with van der Waals surface area (Å²) in [7, 11) is 0. The number of hydrogen-bond donors (Lipinski definition) is 2. The first-order valence-corrected chi connectivity index (χ1v) is 5.02. The molecule has 0 radical (unpaired) electrons. The Balaban J connectivity index is 2.52. The van der Waals surface area contributed by atoms with Crippen LogP contribution in [0.25, 0.3) is 0 Å². The fourth-order valence-corrected chi connectivity index (χ4v) is 1.28. The molecule has 0 fully saturated rings. The molecule has 0 unspecified atom stereocenters. The van der Waals surface area contributed by atoms with Crippen LogP contribution in [0, 0.1) is 0 Å². The smallest absolute Gasteiger partial charge is 0.416 e. The van der Waals surface area contributed by atoms with Crippen LogP contribution in [0.4, 0.5) is 18.9 Å². The van der Waals surface area contributed by atoms with Crippen LogP contribution in [0.2, 0.25) is 0 Å². The number of benzene rings is 1. The molecule has 1 rings (SSSR count). The number of carboxylic acid groups (broad SMARTS) is 1. The molecule has 2 N–H and O–H groups in total. The predicted molar refractivity (Wildman–Crippen MR) is 56.8 cm³/mol. The van der Waals surface area contributed by atoms with Gasteiger partial charge in [-0.15, -0.1) is 0 Å². The van der Waals surface area contributed by atoms with Crippen LogP contribution in [0.3, 0.4) is 0 Å². The van der Waals surface area contributed by atoms with Gasteiger partial charge in [-0.2, -0.15) is 13.2 Å². The Morgan fingerprint density at radius 2 is 2.06 bits per heavy atom. The molecular weight excluding hydrogens is 235 g/mol. The fraction of sp³-hybridized carbons (Fsp3) is 0.364. The van der Waals surface area contributed by atoms with Gasteiger partial charge in [0, 0.05) is 18.7 Å². The highest BCUT2D eigenvalue weighted by molar-refractivity contribution is 5.66. The van der Waals surface area contributed by atoms with E-state index in [2.05, 4.69) is 5.32 Å². The largest absolute Gasteiger partial charge is 0.481 e. The van der Waals surface area contributed by atoms with Gasteiger partial charge in [-0.25, -0.2) is 0 Å². The maximum atomic E-state index is 12.4. The van der Waals surface area contributed by atoms with Gasteiger partial charge in [0.05, 0.1) is 5.56 Å². The van der Waals surface area contributed by atoms with E-state index < -0.39 is 17.7 Å². The van der Waals surface area contributed by atoms with E-state index in [0.29, 0.717) is 18.7 Å². The van der Waals surface area contributed by atoms with Crippen LogP contribution in [0.5, 0.6) is 0 Å². The first-order chi connectivity index (χ1) is 7.89. The molecule has 17 heavy (non-hydrogen) atoms. The average molecular weight is 247 g/mol. The number of alkyl halides is 3. The van der Waals surface area contributed by atoms with Crippen LogP contribution in [0.15, 0.2) is 24.3 Å². The lowest BCUT2D eigenvalue weighted by atomic mass is 10.2. The van der Waals surface area contributed by atoms with Gasteiger partial charge < -0.3 is 10.4 Å². The maximum absolute atomic E-state index is 12.4. The molecule has 1 aromatic carbocycles. The molecule has 1 aromatic rings. The van der Waals surface area contributed by atoms with Crippen LogP contribution >= 0.6 is 0 Å². The molecule has 0 aliphatic carbocycles. The van der Waals surface area contributed by atoms with Crippen LogP contribution in [-0.4, -0.2) is 17.6 Å². The summed E-state index contributed by atoms with van der Waals surface area (Å²) < 4.78 is 37.1. The predicted octanol–water partition coefficient (Wildman–Crippen LogP) is 2.98. The second-order valence-corrected chi connectivity index (χ2v) is 3.50. The molecule has 0 amide bonds. The normalized spacial score (nSPS) is 11.2. The Hall–Kier alpha value is -1.72. The average Bonchev–Trinajstić information content (AvgIpc) is 2.23. The first-order valence-electron chi connectivity index (χ1n) is 5.02. The summed E-state index contributed by atoms with van der Waals surface area (Å²) in [5.41, 5.74) is -0.383. The lowest BCUT2D eigenvalue weighted by Gasteiger charge is -2.10. The second-order valence-electron chi connectivity index (χ2n) is 3.50. The fourth-order valence-electron chi connectivity index (χ4n) is 1.28. The van der Waals surface area contributed by atoms with Crippen molar-refractivity contribution in [1.29, 1.82) is 0 Å². The van der Waals surface area contributed by atoms with Gasteiger partial charge in [0.2, 0.25) is 0 Å². The van der Waals surface area contributed by atoms with Gasteiger partial charge in [0.25, 0.3) is 0 Å². The molecule has 0 saturated carbocycles. The van der Waals surface area contributed by atoms with Crippen molar-refractivity contribution in [2.24, 2.45) is 0 Å². The highest BCUT2D eigenvalue weighted by Crippen LogP contribution is 2.30. The van der Waals surface area contributed by atoms with E-state index in [1.165, 1.54) is 12.1 Å². The summed E-state index contributed by atoms with van der Waals surface area (Å²) >= 11 is 0. The number of nitrogens with one attached hydrogen (secondary N) is 1. The Labute approximate surface area is 96.3 Å². The number of rotatable bonds is 5. The molecule has 0 spiro atoms. The zero-order valence-corrected chi connectivity index (χ0v) is 8.92. The molecule has 0 bridgehead atoms. The third-order valence-electron chi connectivity index (χ3n) is 2.09. The van der Waals surface area contributed by atoms with E-state index in [9.17, 15) is 18.0 Å². The summed E-state index contributed by atoms with van der Waals surface area (Å²) in [5, 5.41) is 11.1. The van der Waals surface area contributed by atoms with E-state index in [4.69, 9.17) is 5.11 Å². The van der Waals surface area contributed by atoms with Gasteiger partial charge in [-0.3, -0.25) is 4.79 Å². The standard InChI is InChI=1S/C11H12F3NO2/c12-11(13,14)8-3-1-4-9(7-8)15-6-2-5-10(16)17/h1,3-4,7,15H,2,5-6H2,(H,16,17). The molecule has 6 heteroatoms. The SMILES string of the molecule is O=C(O)CCCNc1cccc(C(F)(F)F)c1. The van der Waals surface area contributed by atoms with Gasteiger partial charge >= 0.3 is 12.1 Å². The molecule has 0 saturated heterocycles. The van der Waals surface area contributed by atoms with Crippen molar-refractivity contribution in [3.8, 4) is 0 Å². The second kappa shape index (κ2) is 5.56. The third-order valence-corrected chi connectivity index (χ3v) is 2.09. The number of aliphatic carboxylic acids is 1. The quantitative estimate of drug-likeness (QED) is 0.786. The molecule has 0 aliphatic rings. The van der Waals surface area contributed by atoms with Crippen molar-refractivity contribution in [3.63, 3.8) is 0 Å². The Kier molecular flexibility index (Phi) is 4.37. The first kappa shape index (κ1) is 13.3. The summed E-state index contributed by atoms with van der Waals surface area (Å²) in [6.45, 7) is 0.327. The number of anilines is 1. The van der Waals surface area contributed by atoms with Crippen molar-refractivity contribution in [1.82, 2.24) is 0 Å².